The Morgan fingerprint density at radius 3 is 2.83 bits per heavy atom. The van der Waals surface area contributed by atoms with Gasteiger partial charge in [0.1, 0.15) is 0 Å². The molecule has 3 N–H and O–H groups in total. The molecule has 2 nitrogen and oxygen atoms in total. The van der Waals surface area contributed by atoms with Crippen LogP contribution in [0.3, 0.4) is 0 Å². The second-order valence-electron chi connectivity index (χ2n) is 2.44. The predicted octanol–water partition coefficient (Wildman–Crippen LogP) is 1.72. The largest absolute Gasteiger partial charge is 0.505 e. The van der Waals surface area contributed by atoms with Gasteiger partial charge in [-0.05, 0) is 6.07 Å². The number of hydrogen-bond donors (Lipinski definition) is 2. The van der Waals surface area contributed by atoms with Gasteiger partial charge in [0.15, 0.2) is 11.6 Å². The first-order valence-electron chi connectivity index (χ1n) is 3.52. The molecule has 1 atom stereocenters. The summed E-state index contributed by atoms with van der Waals surface area (Å²) < 4.78 is 12.7. The molecule has 0 aliphatic carbocycles. The van der Waals surface area contributed by atoms with Crippen molar-refractivity contribution in [3.05, 3.63) is 42.2 Å². The van der Waals surface area contributed by atoms with E-state index >= 15 is 0 Å². The van der Waals surface area contributed by atoms with Gasteiger partial charge in [-0.25, -0.2) is 4.39 Å². The van der Waals surface area contributed by atoms with E-state index in [1.54, 1.807) is 6.07 Å². The van der Waals surface area contributed by atoms with Crippen molar-refractivity contribution >= 4 is 0 Å². The minimum atomic E-state index is -0.662. The Labute approximate surface area is 70.1 Å². The maximum absolute atomic E-state index is 12.7. The first-order chi connectivity index (χ1) is 5.66. The smallest absolute Gasteiger partial charge is 0.165 e. The third-order valence-corrected chi connectivity index (χ3v) is 1.63. The van der Waals surface area contributed by atoms with Crippen LogP contribution in [-0.4, -0.2) is 5.11 Å². The van der Waals surface area contributed by atoms with E-state index in [-0.39, 0.29) is 0 Å². The van der Waals surface area contributed by atoms with Crippen molar-refractivity contribution < 1.29 is 9.50 Å². The molecule has 1 aromatic carbocycles. The van der Waals surface area contributed by atoms with Crippen molar-refractivity contribution in [2.24, 2.45) is 5.73 Å². The van der Waals surface area contributed by atoms with E-state index in [9.17, 15) is 9.50 Å². The molecule has 1 aromatic rings. The Balaban J connectivity index is 3.15. The Kier molecular flexibility index (Phi) is 2.45. The molecule has 0 aliphatic rings. The second kappa shape index (κ2) is 3.36. The summed E-state index contributed by atoms with van der Waals surface area (Å²) in [6.07, 6.45) is 1.44. The van der Waals surface area contributed by atoms with Crippen LogP contribution in [0.4, 0.5) is 4.39 Å². The van der Waals surface area contributed by atoms with E-state index in [4.69, 9.17) is 5.73 Å². The van der Waals surface area contributed by atoms with Crippen molar-refractivity contribution in [1.29, 1.82) is 0 Å². The first kappa shape index (κ1) is 8.74. The van der Waals surface area contributed by atoms with E-state index < -0.39 is 17.6 Å². The van der Waals surface area contributed by atoms with Crippen LogP contribution in [0.5, 0.6) is 5.75 Å². The van der Waals surface area contributed by atoms with Gasteiger partial charge in [0.05, 0.1) is 6.04 Å². The molecule has 0 unspecified atom stereocenters. The molecule has 0 bridgehead atoms. The van der Waals surface area contributed by atoms with E-state index in [1.165, 1.54) is 18.2 Å². The monoisotopic (exact) mass is 167 g/mol. The summed E-state index contributed by atoms with van der Waals surface area (Å²) in [5.41, 5.74) is 5.87. The number of para-hydroxylation sites is 1. The molecular weight excluding hydrogens is 157 g/mol. The normalized spacial score (nSPS) is 12.5. The summed E-state index contributed by atoms with van der Waals surface area (Å²) in [4.78, 5) is 0. The van der Waals surface area contributed by atoms with Crippen LogP contribution in [-0.2, 0) is 0 Å². The lowest BCUT2D eigenvalue weighted by Gasteiger charge is -2.08. The molecule has 0 aliphatic heterocycles. The van der Waals surface area contributed by atoms with E-state index in [0.29, 0.717) is 5.56 Å². The summed E-state index contributed by atoms with van der Waals surface area (Å²) in [6.45, 7) is 3.45. The predicted molar refractivity (Wildman–Crippen MR) is 45.2 cm³/mol. The fourth-order valence-corrected chi connectivity index (χ4v) is 0.928. The van der Waals surface area contributed by atoms with Crippen molar-refractivity contribution in [1.82, 2.24) is 0 Å². The van der Waals surface area contributed by atoms with Gasteiger partial charge in [-0.3, -0.25) is 0 Å². The molecule has 3 heteroatoms. The SMILES string of the molecule is C=C[C@H](N)c1cccc(F)c1O. The summed E-state index contributed by atoms with van der Waals surface area (Å²) in [7, 11) is 0. The van der Waals surface area contributed by atoms with Gasteiger partial charge < -0.3 is 10.8 Å². The van der Waals surface area contributed by atoms with Gasteiger partial charge in [-0.15, -0.1) is 6.58 Å². The summed E-state index contributed by atoms with van der Waals surface area (Å²) in [6, 6.07) is 3.70. The Morgan fingerprint density at radius 2 is 2.25 bits per heavy atom. The number of rotatable bonds is 2. The number of nitrogens with two attached hydrogens (primary N) is 1. The molecule has 0 radical (unpaired) electrons. The van der Waals surface area contributed by atoms with Crippen molar-refractivity contribution in [3.8, 4) is 5.75 Å². The third kappa shape index (κ3) is 1.46. The van der Waals surface area contributed by atoms with Crippen molar-refractivity contribution in [2.75, 3.05) is 0 Å². The van der Waals surface area contributed by atoms with Gasteiger partial charge in [-0.2, -0.15) is 0 Å². The topological polar surface area (TPSA) is 46.2 Å². The van der Waals surface area contributed by atoms with Gasteiger partial charge in [-0.1, -0.05) is 18.2 Å². The van der Waals surface area contributed by atoms with E-state index in [0.717, 1.165) is 0 Å². The molecule has 12 heavy (non-hydrogen) atoms. The van der Waals surface area contributed by atoms with E-state index in [1.807, 2.05) is 0 Å². The lowest BCUT2D eigenvalue weighted by molar-refractivity contribution is 0.424. The number of phenolic OH excluding ortho intramolecular Hbond substituents is 1. The van der Waals surface area contributed by atoms with Crippen LogP contribution in [0.2, 0.25) is 0 Å². The molecule has 64 valence electrons. The Hall–Kier alpha value is -1.35. The van der Waals surface area contributed by atoms with Crippen LogP contribution in [0, 0.1) is 5.82 Å². The standard InChI is InChI=1S/C9H10FNO/c1-2-8(11)6-4-3-5-7(10)9(6)12/h2-5,8,12H,1,11H2/t8-/m0/s1. The second-order valence-corrected chi connectivity index (χ2v) is 2.44. The Morgan fingerprint density at radius 1 is 1.58 bits per heavy atom. The van der Waals surface area contributed by atoms with Gasteiger partial charge in [0.25, 0.3) is 0 Å². The maximum Gasteiger partial charge on any atom is 0.165 e. The van der Waals surface area contributed by atoms with Crippen LogP contribution < -0.4 is 5.73 Å². The van der Waals surface area contributed by atoms with Gasteiger partial charge >= 0.3 is 0 Å². The van der Waals surface area contributed by atoms with Gasteiger partial charge in [0.2, 0.25) is 0 Å². The molecule has 0 spiro atoms. The first-order valence-corrected chi connectivity index (χ1v) is 3.52. The Bertz CT molecular complexity index is 299. The van der Waals surface area contributed by atoms with Crippen LogP contribution >= 0.6 is 0 Å². The molecule has 0 aromatic heterocycles. The van der Waals surface area contributed by atoms with Gasteiger partial charge in [0, 0.05) is 5.56 Å². The number of aromatic hydroxyl groups is 1. The molecule has 1 rings (SSSR count). The fourth-order valence-electron chi connectivity index (χ4n) is 0.928. The average Bonchev–Trinajstić information content (AvgIpc) is 2.08. The molecule has 0 fully saturated rings. The summed E-state index contributed by atoms with van der Waals surface area (Å²) in [5.74, 6) is -1.06. The van der Waals surface area contributed by atoms with Crippen LogP contribution in [0.1, 0.15) is 11.6 Å². The average molecular weight is 167 g/mol. The highest BCUT2D eigenvalue weighted by Gasteiger charge is 2.10. The number of halogens is 1. The third-order valence-electron chi connectivity index (χ3n) is 1.63. The molecule has 0 amide bonds. The number of benzene rings is 1. The number of phenols is 1. The summed E-state index contributed by atoms with van der Waals surface area (Å²) >= 11 is 0. The highest BCUT2D eigenvalue weighted by molar-refractivity contribution is 5.37. The minimum Gasteiger partial charge on any atom is -0.505 e. The quantitative estimate of drug-likeness (QED) is 0.659. The fraction of sp³-hybridized carbons (Fsp3) is 0.111. The molecular formula is C9H10FNO. The van der Waals surface area contributed by atoms with Crippen molar-refractivity contribution in [3.63, 3.8) is 0 Å². The number of hydrogen-bond acceptors (Lipinski definition) is 2. The molecule has 0 saturated heterocycles. The zero-order valence-corrected chi connectivity index (χ0v) is 6.50. The zero-order chi connectivity index (χ0) is 9.14. The minimum absolute atomic E-state index is 0.352. The zero-order valence-electron chi connectivity index (χ0n) is 6.50. The summed E-state index contributed by atoms with van der Waals surface area (Å²) in [5, 5.41) is 9.20. The highest BCUT2D eigenvalue weighted by Crippen LogP contribution is 2.25. The van der Waals surface area contributed by atoms with Crippen LogP contribution in [0.25, 0.3) is 0 Å². The maximum atomic E-state index is 12.7. The van der Waals surface area contributed by atoms with Crippen molar-refractivity contribution in [2.45, 2.75) is 6.04 Å². The highest BCUT2D eigenvalue weighted by atomic mass is 19.1. The lowest BCUT2D eigenvalue weighted by Crippen LogP contribution is -2.06. The lowest BCUT2D eigenvalue weighted by atomic mass is 10.1. The van der Waals surface area contributed by atoms with E-state index in [2.05, 4.69) is 6.58 Å². The molecule has 0 heterocycles. The molecule has 0 saturated carbocycles. The van der Waals surface area contributed by atoms with Crippen LogP contribution in [0.15, 0.2) is 30.9 Å².